The molecule has 10 heteroatoms. The standard InChI is InChI=1S/C24H20FN7O2/c1-2-20(34)30(16-6-4-3-5-7-16)10-11-32-23-21(22(26)27-14-28-23)24(29-32)31-9-8-15-12-19(33)17(25)13-18(15)31/h2-9,12-14,33H,1,10-11H2,(H2,26,27,28). The monoisotopic (exact) mass is 457 g/mol. The van der Waals surface area contributed by atoms with Crippen molar-refractivity contribution >= 4 is 39.3 Å². The smallest absolute Gasteiger partial charge is 0.250 e. The van der Waals surface area contributed by atoms with E-state index < -0.39 is 11.6 Å². The number of fused-ring (bicyclic) bond motifs is 2. The molecule has 0 saturated carbocycles. The molecule has 9 nitrogen and oxygen atoms in total. The highest BCUT2D eigenvalue weighted by Crippen LogP contribution is 2.31. The number of aromatic nitrogens is 5. The lowest BCUT2D eigenvalue weighted by molar-refractivity contribution is -0.114. The first-order chi connectivity index (χ1) is 16.5. The van der Waals surface area contributed by atoms with Gasteiger partial charge in [0.1, 0.15) is 17.5 Å². The Morgan fingerprint density at radius 1 is 1.21 bits per heavy atom. The van der Waals surface area contributed by atoms with Crippen LogP contribution in [0.1, 0.15) is 0 Å². The highest BCUT2D eigenvalue weighted by Gasteiger charge is 2.20. The number of hydrogen-bond acceptors (Lipinski definition) is 6. The quantitative estimate of drug-likeness (QED) is 0.378. The van der Waals surface area contributed by atoms with Crippen molar-refractivity contribution in [2.75, 3.05) is 17.2 Å². The first-order valence-corrected chi connectivity index (χ1v) is 10.4. The number of nitrogens with two attached hydrogens (primary N) is 1. The zero-order valence-corrected chi connectivity index (χ0v) is 18.0. The molecule has 0 bridgehead atoms. The summed E-state index contributed by atoms with van der Waals surface area (Å²) in [6.45, 7) is 4.20. The van der Waals surface area contributed by atoms with E-state index in [1.54, 1.807) is 26.4 Å². The molecule has 2 aromatic carbocycles. The third kappa shape index (κ3) is 3.51. The number of para-hydroxylation sites is 1. The third-order valence-electron chi connectivity index (χ3n) is 5.57. The molecule has 5 aromatic rings. The Morgan fingerprint density at radius 3 is 2.76 bits per heavy atom. The molecular formula is C24H20FN7O2. The molecule has 3 heterocycles. The number of carbonyl (C=O) groups is 1. The topological polar surface area (TPSA) is 115 Å². The number of phenolic OH excluding ortho intramolecular Hbond substituents is 1. The minimum absolute atomic E-state index is 0.217. The number of benzene rings is 2. The van der Waals surface area contributed by atoms with Gasteiger partial charge in [0.05, 0.1) is 12.1 Å². The summed E-state index contributed by atoms with van der Waals surface area (Å²) >= 11 is 0. The lowest BCUT2D eigenvalue weighted by Gasteiger charge is -2.21. The number of aromatic hydroxyl groups is 1. The molecule has 0 radical (unpaired) electrons. The third-order valence-corrected chi connectivity index (χ3v) is 5.57. The summed E-state index contributed by atoms with van der Waals surface area (Å²) in [4.78, 5) is 22.6. The van der Waals surface area contributed by atoms with Crippen LogP contribution in [0.5, 0.6) is 5.75 Å². The number of hydrogen-bond donors (Lipinski definition) is 2. The molecule has 0 aliphatic heterocycles. The van der Waals surface area contributed by atoms with Crippen molar-refractivity contribution in [1.82, 2.24) is 24.3 Å². The number of carbonyl (C=O) groups excluding carboxylic acids is 1. The van der Waals surface area contributed by atoms with Crippen LogP contribution in [0.2, 0.25) is 0 Å². The summed E-state index contributed by atoms with van der Waals surface area (Å²) in [7, 11) is 0. The number of phenols is 1. The SMILES string of the molecule is C=CC(=O)N(CCn1nc(-n2ccc3cc(O)c(F)cc32)c2c(N)ncnc21)c1ccccc1. The number of rotatable bonds is 6. The summed E-state index contributed by atoms with van der Waals surface area (Å²) < 4.78 is 17.4. The van der Waals surface area contributed by atoms with Gasteiger partial charge >= 0.3 is 0 Å². The molecular weight excluding hydrogens is 437 g/mol. The van der Waals surface area contributed by atoms with Gasteiger partial charge in [-0.25, -0.2) is 19.0 Å². The Hall–Kier alpha value is -4.73. The van der Waals surface area contributed by atoms with Crippen molar-refractivity contribution in [3.8, 4) is 11.6 Å². The normalized spacial score (nSPS) is 11.2. The molecule has 0 aliphatic carbocycles. The maximum atomic E-state index is 14.1. The predicted octanol–water partition coefficient (Wildman–Crippen LogP) is 3.42. The van der Waals surface area contributed by atoms with Crippen LogP contribution in [0.4, 0.5) is 15.9 Å². The molecule has 0 atom stereocenters. The lowest BCUT2D eigenvalue weighted by Crippen LogP contribution is -2.32. The van der Waals surface area contributed by atoms with Crippen molar-refractivity contribution in [2.45, 2.75) is 6.54 Å². The van der Waals surface area contributed by atoms with Crippen LogP contribution in [0.25, 0.3) is 27.8 Å². The fourth-order valence-corrected chi connectivity index (χ4v) is 3.94. The predicted molar refractivity (Wildman–Crippen MR) is 127 cm³/mol. The second-order valence-corrected chi connectivity index (χ2v) is 7.58. The van der Waals surface area contributed by atoms with Crippen molar-refractivity contribution in [3.05, 3.63) is 79.5 Å². The van der Waals surface area contributed by atoms with Gasteiger partial charge in [0, 0.05) is 29.9 Å². The van der Waals surface area contributed by atoms with E-state index >= 15 is 0 Å². The number of halogens is 1. The first-order valence-electron chi connectivity index (χ1n) is 10.4. The van der Waals surface area contributed by atoms with Gasteiger partial charge in [-0.15, -0.1) is 0 Å². The minimum Gasteiger partial charge on any atom is -0.505 e. The van der Waals surface area contributed by atoms with Crippen molar-refractivity contribution < 1.29 is 14.3 Å². The maximum Gasteiger partial charge on any atom is 0.250 e. The summed E-state index contributed by atoms with van der Waals surface area (Å²) in [5, 5.41) is 15.5. The van der Waals surface area contributed by atoms with Gasteiger partial charge in [0.2, 0.25) is 5.91 Å². The van der Waals surface area contributed by atoms with E-state index in [2.05, 4.69) is 16.5 Å². The second-order valence-electron chi connectivity index (χ2n) is 7.58. The van der Waals surface area contributed by atoms with Gasteiger partial charge in [-0.1, -0.05) is 24.8 Å². The van der Waals surface area contributed by atoms with Gasteiger partial charge in [-0.2, -0.15) is 5.10 Å². The molecule has 0 aliphatic rings. The van der Waals surface area contributed by atoms with Crippen molar-refractivity contribution in [2.24, 2.45) is 0 Å². The minimum atomic E-state index is -0.748. The van der Waals surface area contributed by atoms with Crippen LogP contribution < -0.4 is 10.6 Å². The second kappa shape index (κ2) is 8.32. The largest absolute Gasteiger partial charge is 0.505 e. The fourth-order valence-electron chi connectivity index (χ4n) is 3.94. The van der Waals surface area contributed by atoms with Gasteiger partial charge in [-0.05, 0) is 30.3 Å². The molecule has 0 unspecified atom stereocenters. The zero-order valence-electron chi connectivity index (χ0n) is 18.0. The van der Waals surface area contributed by atoms with Crippen molar-refractivity contribution in [3.63, 3.8) is 0 Å². The van der Waals surface area contributed by atoms with E-state index in [1.165, 1.54) is 24.5 Å². The number of nitrogens with zero attached hydrogens (tertiary/aromatic N) is 6. The van der Waals surface area contributed by atoms with E-state index in [1.807, 2.05) is 30.3 Å². The summed E-state index contributed by atoms with van der Waals surface area (Å²) in [6.07, 6.45) is 4.31. The average molecular weight is 457 g/mol. The number of nitrogen functional groups attached to an aromatic ring is 1. The number of anilines is 2. The summed E-state index contributed by atoms with van der Waals surface area (Å²) in [6, 6.07) is 13.6. The van der Waals surface area contributed by atoms with E-state index in [0.29, 0.717) is 40.8 Å². The zero-order chi connectivity index (χ0) is 23.8. The van der Waals surface area contributed by atoms with Crippen molar-refractivity contribution in [1.29, 1.82) is 0 Å². The van der Waals surface area contributed by atoms with Gasteiger partial charge in [0.25, 0.3) is 0 Å². The number of amides is 1. The Kier molecular flexibility index (Phi) is 5.17. The van der Waals surface area contributed by atoms with Crippen LogP contribution in [0, 0.1) is 5.82 Å². The lowest BCUT2D eigenvalue weighted by atomic mass is 10.2. The molecule has 3 N–H and O–H groups in total. The first kappa shape index (κ1) is 21.1. The Morgan fingerprint density at radius 2 is 2.00 bits per heavy atom. The maximum absolute atomic E-state index is 14.1. The van der Waals surface area contributed by atoms with E-state index in [9.17, 15) is 14.3 Å². The summed E-state index contributed by atoms with van der Waals surface area (Å²) in [5.41, 5.74) is 7.88. The van der Waals surface area contributed by atoms with Gasteiger partial charge in [0.15, 0.2) is 23.0 Å². The van der Waals surface area contributed by atoms with Gasteiger partial charge in [-0.3, -0.25) is 9.36 Å². The van der Waals surface area contributed by atoms with Crippen LogP contribution in [-0.2, 0) is 11.3 Å². The van der Waals surface area contributed by atoms with Crippen LogP contribution >= 0.6 is 0 Å². The Balaban J connectivity index is 1.59. The highest BCUT2D eigenvalue weighted by molar-refractivity contribution is 6.01. The molecule has 34 heavy (non-hydrogen) atoms. The van der Waals surface area contributed by atoms with Crippen LogP contribution in [-0.4, -0.2) is 41.9 Å². The molecule has 0 saturated heterocycles. The molecule has 170 valence electrons. The Bertz CT molecular complexity index is 1540. The molecule has 5 rings (SSSR count). The summed E-state index contributed by atoms with van der Waals surface area (Å²) in [5.74, 6) is -0.800. The van der Waals surface area contributed by atoms with Crippen LogP contribution in [0.15, 0.2) is 73.7 Å². The molecule has 0 fully saturated rings. The molecule has 3 aromatic heterocycles. The molecule has 1 amide bonds. The average Bonchev–Trinajstić information content (AvgIpc) is 3.41. The van der Waals surface area contributed by atoms with Gasteiger partial charge < -0.3 is 15.7 Å². The molecule has 0 spiro atoms. The highest BCUT2D eigenvalue weighted by atomic mass is 19.1. The van der Waals surface area contributed by atoms with E-state index in [0.717, 1.165) is 5.69 Å². The van der Waals surface area contributed by atoms with Crippen LogP contribution in [0.3, 0.4) is 0 Å². The van der Waals surface area contributed by atoms with E-state index in [-0.39, 0.29) is 11.7 Å². The Labute approximate surface area is 193 Å². The fraction of sp³-hybridized carbons (Fsp3) is 0.0833. The van der Waals surface area contributed by atoms with E-state index in [4.69, 9.17) is 10.8 Å².